The number of nitrogens with zero attached hydrogens (tertiary/aromatic N) is 4. The normalized spacial score (nSPS) is 10.9. The van der Waals surface area contributed by atoms with Crippen molar-refractivity contribution in [2.24, 2.45) is 0 Å². The number of thiophene rings is 1. The van der Waals surface area contributed by atoms with Gasteiger partial charge in [0.1, 0.15) is 23.3 Å². The van der Waals surface area contributed by atoms with Crippen LogP contribution in [0.25, 0.3) is 10.9 Å². The van der Waals surface area contributed by atoms with E-state index in [1.165, 1.54) is 23.1 Å². The number of rotatable bonds is 8. The van der Waals surface area contributed by atoms with Crippen LogP contribution < -0.4 is 10.2 Å². The van der Waals surface area contributed by atoms with Gasteiger partial charge in [-0.25, -0.2) is 15.0 Å². The Morgan fingerprint density at radius 2 is 2.07 bits per heavy atom. The van der Waals surface area contributed by atoms with E-state index in [2.05, 4.69) is 20.3 Å². The van der Waals surface area contributed by atoms with Crippen molar-refractivity contribution in [3.8, 4) is 0 Å². The second-order valence-electron chi connectivity index (χ2n) is 6.44. The molecule has 1 amide bonds. The number of aryl methyl sites for hydroxylation is 1. The van der Waals surface area contributed by atoms with Crippen molar-refractivity contribution in [1.82, 2.24) is 20.3 Å². The lowest BCUT2D eigenvalue weighted by Gasteiger charge is -2.13. The van der Waals surface area contributed by atoms with Gasteiger partial charge < -0.3 is 15.3 Å². The second-order valence-corrected chi connectivity index (χ2v) is 8.58. The zero-order valence-corrected chi connectivity index (χ0v) is 17.9. The summed E-state index contributed by atoms with van der Waals surface area (Å²) in [6, 6.07) is 5.49. The fraction of sp³-hybridized carbons (Fsp3) is 0.316. The number of amides is 1. The van der Waals surface area contributed by atoms with Gasteiger partial charge in [0.15, 0.2) is 5.78 Å². The highest BCUT2D eigenvalue weighted by Gasteiger charge is 2.14. The summed E-state index contributed by atoms with van der Waals surface area (Å²) >= 11 is 2.71. The number of carbonyl (C=O) groups excluding carboxylic acids is 2. The number of aliphatic hydroxyl groups is 1. The molecule has 3 aromatic heterocycles. The maximum absolute atomic E-state index is 12.6. The molecule has 0 aliphatic rings. The summed E-state index contributed by atoms with van der Waals surface area (Å²) in [4.78, 5) is 40.5. The molecule has 0 aromatic carbocycles. The van der Waals surface area contributed by atoms with Gasteiger partial charge in [-0.2, -0.15) is 0 Å². The molecule has 10 heteroatoms. The van der Waals surface area contributed by atoms with E-state index in [4.69, 9.17) is 5.11 Å². The van der Waals surface area contributed by atoms with Gasteiger partial charge in [-0.15, -0.1) is 11.3 Å². The summed E-state index contributed by atoms with van der Waals surface area (Å²) in [6.07, 6.45) is 1.72. The van der Waals surface area contributed by atoms with E-state index < -0.39 is 12.5 Å². The van der Waals surface area contributed by atoms with E-state index >= 15 is 0 Å². The number of ketones is 1. The van der Waals surface area contributed by atoms with Gasteiger partial charge in [-0.3, -0.25) is 9.59 Å². The lowest BCUT2D eigenvalue weighted by molar-refractivity contribution is -0.123. The molecule has 0 spiro atoms. The summed E-state index contributed by atoms with van der Waals surface area (Å²) in [5.74, 6) is 1.22. The first-order valence-corrected chi connectivity index (χ1v) is 10.6. The molecular formula is C19H21N5O3S2. The van der Waals surface area contributed by atoms with Crippen LogP contribution >= 0.6 is 23.1 Å². The average Bonchev–Trinajstić information content (AvgIpc) is 3.18. The largest absolute Gasteiger partial charge is 0.387 e. The number of carbonyl (C=O) groups is 2. The molecule has 0 unspecified atom stereocenters. The van der Waals surface area contributed by atoms with Gasteiger partial charge in [0.05, 0.1) is 28.9 Å². The number of anilines is 1. The van der Waals surface area contributed by atoms with Gasteiger partial charge in [0.2, 0.25) is 5.91 Å². The van der Waals surface area contributed by atoms with Crippen molar-refractivity contribution in [1.29, 1.82) is 0 Å². The van der Waals surface area contributed by atoms with Crippen molar-refractivity contribution in [3.63, 3.8) is 0 Å². The van der Waals surface area contributed by atoms with Gasteiger partial charge in [0.25, 0.3) is 0 Å². The molecule has 2 N–H and O–H groups in total. The van der Waals surface area contributed by atoms with Crippen LogP contribution in [0.1, 0.15) is 20.4 Å². The molecule has 8 nitrogen and oxygen atoms in total. The quantitative estimate of drug-likeness (QED) is 0.317. The summed E-state index contributed by atoms with van der Waals surface area (Å²) < 4.78 is 0. The van der Waals surface area contributed by atoms with E-state index in [1.807, 2.05) is 32.0 Å². The fourth-order valence-electron chi connectivity index (χ4n) is 2.53. The summed E-state index contributed by atoms with van der Waals surface area (Å²) in [5, 5.41) is 12.9. The number of fused-ring (bicyclic) bond motifs is 1. The third kappa shape index (κ3) is 5.28. The molecule has 0 saturated carbocycles. The maximum Gasteiger partial charge on any atom is 0.246 e. The fourth-order valence-corrected chi connectivity index (χ4v) is 4.44. The smallest absolute Gasteiger partial charge is 0.246 e. The van der Waals surface area contributed by atoms with E-state index in [-0.39, 0.29) is 11.5 Å². The predicted molar refractivity (Wildman–Crippen MR) is 115 cm³/mol. The molecule has 3 aromatic rings. The van der Waals surface area contributed by atoms with Crippen LogP contribution in [0.5, 0.6) is 0 Å². The van der Waals surface area contributed by atoms with Crippen molar-refractivity contribution >= 4 is 51.5 Å². The Kier molecular flexibility index (Phi) is 6.78. The van der Waals surface area contributed by atoms with Crippen molar-refractivity contribution in [2.45, 2.75) is 18.5 Å². The maximum atomic E-state index is 12.6. The number of Topliss-reactive ketones (excluding diaryl/α,β-unsaturated/α-hetero) is 1. The lowest BCUT2D eigenvalue weighted by atomic mass is 10.3. The number of aliphatic hydroxyl groups excluding tert-OH is 1. The first-order chi connectivity index (χ1) is 13.9. The highest BCUT2D eigenvalue weighted by Crippen LogP contribution is 2.28. The number of aromatic nitrogens is 3. The van der Waals surface area contributed by atoms with Crippen molar-refractivity contribution in [2.75, 3.05) is 31.4 Å². The Hall–Kier alpha value is -2.56. The molecule has 0 aliphatic carbocycles. The van der Waals surface area contributed by atoms with Crippen molar-refractivity contribution < 1.29 is 14.7 Å². The number of nitrogens with one attached hydrogen (secondary N) is 1. The van der Waals surface area contributed by atoms with Crippen LogP contribution in [0, 0.1) is 6.92 Å². The predicted octanol–water partition coefficient (Wildman–Crippen LogP) is 2.04. The van der Waals surface area contributed by atoms with Gasteiger partial charge in [0, 0.05) is 24.4 Å². The minimum atomic E-state index is -0.550. The Morgan fingerprint density at radius 1 is 1.28 bits per heavy atom. The molecule has 0 aliphatic heterocycles. The molecule has 152 valence electrons. The van der Waals surface area contributed by atoms with Crippen molar-refractivity contribution in [3.05, 3.63) is 40.0 Å². The SMILES string of the molecule is Cc1nc(SCC(=O)c2ccc(CNC(=O)CO)s2)c2cc(N(C)C)ncc2n1. The van der Waals surface area contributed by atoms with Gasteiger partial charge >= 0.3 is 0 Å². The number of hydrogen-bond donors (Lipinski definition) is 2. The molecule has 0 fully saturated rings. The zero-order valence-electron chi connectivity index (χ0n) is 16.3. The Bertz CT molecular complexity index is 1050. The van der Waals surface area contributed by atoms with Crippen LogP contribution in [0.2, 0.25) is 0 Å². The highest BCUT2D eigenvalue weighted by molar-refractivity contribution is 8.00. The van der Waals surface area contributed by atoms with Crippen LogP contribution in [-0.2, 0) is 11.3 Å². The molecule has 0 radical (unpaired) electrons. The Labute approximate surface area is 176 Å². The van der Waals surface area contributed by atoms with E-state index in [9.17, 15) is 9.59 Å². The molecule has 29 heavy (non-hydrogen) atoms. The molecule has 3 heterocycles. The minimum absolute atomic E-state index is 0.00830. The number of thioether (sulfide) groups is 1. The third-order valence-corrected chi connectivity index (χ3v) is 6.10. The Morgan fingerprint density at radius 3 is 2.79 bits per heavy atom. The van der Waals surface area contributed by atoms with Gasteiger partial charge in [-0.05, 0) is 25.1 Å². The first kappa shape index (κ1) is 21.2. The minimum Gasteiger partial charge on any atom is -0.387 e. The first-order valence-electron chi connectivity index (χ1n) is 8.81. The molecular weight excluding hydrogens is 410 g/mol. The topological polar surface area (TPSA) is 108 Å². The monoisotopic (exact) mass is 431 g/mol. The number of pyridine rings is 1. The van der Waals surface area contributed by atoms with E-state index in [0.717, 1.165) is 26.6 Å². The summed E-state index contributed by atoms with van der Waals surface area (Å²) in [5.41, 5.74) is 0.746. The van der Waals surface area contributed by atoms with Crippen LogP contribution in [0.4, 0.5) is 5.82 Å². The van der Waals surface area contributed by atoms with E-state index in [0.29, 0.717) is 17.2 Å². The van der Waals surface area contributed by atoms with Gasteiger partial charge in [-0.1, -0.05) is 11.8 Å². The lowest BCUT2D eigenvalue weighted by Crippen LogP contribution is -2.25. The van der Waals surface area contributed by atoms with Crippen LogP contribution in [0.3, 0.4) is 0 Å². The molecule has 0 atom stereocenters. The number of hydrogen-bond acceptors (Lipinski definition) is 9. The molecule has 0 saturated heterocycles. The third-order valence-electron chi connectivity index (χ3n) is 3.98. The highest BCUT2D eigenvalue weighted by atomic mass is 32.2. The average molecular weight is 432 g/mol. The van der Waals surface area contributed by atoms with Crippen LogP contribution in [0.15, 0.2) is 29.4 Å². The molecule has 3 rings (SSSR count). The second kappa shape index (κ2) is 9.29. The van der Waals surface area contributed by atoms with Crippen LogP contribution in [-0.4, -0.2) is 58.2 Å². The standard InChI is InChI=1S/C19H21N5O3S2/c1-11-22-14-8-20-17(24(2)3)6-13(14)19(23-11)28-10-15(26)16-5-4-12(29-16)7-21-18(27)9-25/h4-6,8,25H,7,9-10H2,1-3H3,(H,21,27). The summed E-state index contributed by atoms with van der Waals surface area (Å²) in [6.45, 7) is 1.56. The Balaban J connectivity index is 1.73. The molecule has 0 bridgehead atoms. The van der Waals surface area contributed by atoms with E-state index in [1.54, 1.807) is 18.3 Å². The zero-order chi connectivity index (χ0) is 21.0. The summed E-state index contributed by atoms with van der Waals surface area (Å²) in [7, 11) is 3.83.